The number of aromatic nitrogens is 2. The maximum Gasteiger partial charge on any atom is 0.224 e. The highest BCUT2D eigenvalue weighted by Crippen LogP contribution is 2.19. The fourth-order valence-electron chi connectivity index (χ4n) is 1.81. The number of aryl methyl sites for hydroxylation is 1. The van der Waals surface area contributed by atoms with Crippen molar-refractivity contribution in [3.05, 3.63) is 17.0 Å². The van der Waals surface area contributed by atoms with Gasteiger partial charge in [0.1, 0.15) is 5.82 Å². The first kappa shape index (κ1) is 10.6. The lowest BCUT2D eigenvalue weighted by Crippen LogP contribution is -2.40. The molecule has 4 nitrogen and oxygen atoms in total. The van der Waals surface area contributed by atoms with Crippen LogP contribution in [0.2, 0.25) is 5.28 Å². The van der Waals surface area contributed by atoms with Crippen LogP contribution < -0.4 is 10.6 Å². The summed E-state index contributed by atoms with van der Waals surface area (Å²) >= 11 is 5.82. The van der Waals surface area contributed by atoms with E-state index in [0.717, 1.165) is 37.4 Å². The van der Waals surface area contributed by atoms with E-state index < -0.39 is 0 Å². The Morgan fingerprint density at radius 1 is 1.40 bits per heavy atom. The highest BCUT2D eigenvalue weighted by Gasteiger charge is 2.17. The molecule has 1 fully saturated rings. The molecule has 0 saturated carbocycles. The summed E-state index contributed by atoms with van der Waals surface area (Å²) < 4.78 is 0. The van der Waals surface area contributed by atoms with E-state index in [4.69, 9.17) is 17.3 Å². The highest BCUT2D eigenvalue weighted by molar-refractivity contribution is 6.28. The summed E-state index contributed by atoms with van der Waals surface area (Å²) in [5.41, 5.74) is 6.75. The fraction of sp³-hybridized carbons (Fsp3) is 0.600. The predicted octanol–water partition coefficient (Wildman–Crippen LogP) is 1.37. The van der Waals surface area contributed by atoms with Crippen molar-refractivity contribution in [3.8, 4) is 0 Å². The fourth-order valence-corrected chi connectivity index (χ4v) is 2.03. The van der Waals surface area contributed by atoms with Gasteiger partial charge in [-0.05, 0) is 31.4 Å². The normalized spacial score (nSPS) is 18.2. The van der Waals surface area contributed by atoms with Crippen LogP contribution in [0.1, 0.15) is 18.5 Å². The molecule has 0 radical (unpaired) electrons. The molecule has 0 spiro atoms. The Labute approximate surface area is 94.5 Å². The van der Waals surface area contributed by atoms with Crippen molar-refractivity contribution in [3.63, 3.8) is 0 Å². The first-order valence-electron chi connectivity index (χ1n) is 5.17. The second-order valence-corrected chi connectivity index (χ2v) is 4.30. The number of rotatable bonds is 1. The number of halogens is 1. The van der Waals surface area contributed by atoms with E-state index in [1.54, 1.807) is 0 Å². The van der Waals surface area contributed by atoms with Gasteiger partial charge in [0.15, 0.2) is 0 Å². The van der Waals surface area contributed by atoms with Gasteiger partial charge >= 0.3 is 0 Å². The van der Waals surface area contributed by atoms with Crippen LogP contribution in [0.3, 0.4) is 0 Å². The highest BCUT2D eigenvalue weighted by atomic mass is 35.5. The molecule has 0 aromatic carbocycles. The van der Waals surface area contributed by atoms with Crippen LogP contribution in [0, 0.1) is 6.92 Å². The number of nitrogens with zero attached hydrogens (tertiary/aromatic N) is 3. The molecule has 0 amide bonds. The zero-order valence-electron chi connectivity index (χ0n) is 8.78. The lowest BCUT2D eigenvalue weighted by atomic mass is 10.1. The molecule has 2 rings (SSSR count). The quantitative estimate of drug-likeness (QED) is 0.735. The maximum absolute atomic E-state index is 5.85. The third kappa shape index (κ3) is 2.58. The molecular weight excluding hydrogens is 212 g/mol. The minimum absolute atomic E-state index is 0.319. The van der Waals surface area contributed by atoms with Crippen LogP contribution in [0.4, 0.5) is 5.82 Å². The molecule has 0 aliphatic carbocycles. The Morgan fingerprint density at radius 3 is 2.67 bits per heavy atom. The van der Waals surface area contributed by atoms with Crippen molar-refractivity contribution in [2.75, 3.05) is 18.0 Å². The first-order valence-corrected chi connectivity index (χ1v) is 5.54. The van der Waals surface area contributed by atoms with Crippen LogP contribution >= 0.6 is 11.6 Å². The largest absolute Gasteiger partial charge is 0.356 e. The molecule has 1 aliphatic rings. The average Bonchev–Trinajstić information content (AvgIpc) is 2.17. The molecule has 1 aromatic rings. The monoisotopic (exact) mass is 226 g/mol. The van der Waals surface area contributed by atoms with E-state index >= 15 is 0 Å². The van der Waals surface area contributed by atoms with Gasteiger partial charge in [-0.15, -0.1) is 0 Å². The third-order valence-corrected chi connectivity index (χ3v) is 2.85. The van der Waals surface area contributed by atoms with E-state index in [0.29, 0.717) is 11.3 Å². The van der Waals surface area contributed by atoms with Crippen LogP contribution in [-0.4, -0.2) is 29.1 Å². The number of anilines is 1. The number of hydrogen-bond acceptors (Lipinski definition) is 4. The molecule has 2 heterocycles. The molecule has 1 aliphatic heterocycles. The number of nitrogens with two attached hydrogens (primary N) is 1. The topological polar surface area (TPSA) is 55.0 Å². The molecule has 15 heavy (non-hydrogen) atoms. The van der Waals surface area contributed by atoms with Crippen LogP contribution in [0.5, 0.6) is 0 Å². The van der Waals surface area contributed by atoms with Crippen molar-refractivity contribution >= 4 is 17.4 Å². The smallest absolute Gasteiger partial charge is 0.224 e. The molecule has 0 bridgehead atoms. The van der Waals surface area contributed by atoms with Gasteiger partial charge in [0, 0.05) is 30.9 Å². The summed E-state index contributed by atoms with van der Waals surface area (Å²) in [5, 5.41) is 0.319. The number of hydrogen-bond donors (Lipinski definition) is 1. The van der Waals surface area contributed by atoms with Crippen molar-refractivity contribution in [2.45, 2.75) is 25.8 Å². The van der Waals surface area contributed by atoms with Crippen LogP contribution in [-0.2, 0) is 0 Å². The Morgan fingerprint density at radius 2 is 2.07 bits per heavy atom. The second-order valence-electron chi connectivity index (χ2n) is 3.96. The lowest BCUT2D eigenvalue weighted by molar-refractivity contribution is 0.498. The van der Waals surface area contributed by atoms with Gasteiger partial charge < -0.3 is 10.6 Å². The van der Waals surface area contributed by atoms with Gasteiger partial charge in [-0.3, -0.25) is 0 Å². The van der Waals surface area contributed by atoms with Crippen molar-refractivity contribution in [1.82, 2.24) is 9.97 Å². The SMILES string of the molecule is Cc1cc(N2CCC(N)CC2)nc(Cl)n1. The molecule has 0 unspecified atom stereocenters. The predicted molar refractivity (Wildman–Crippen MR) is 61.2 cm³/mol. The van der Waals surface area contributed by atoms with Gasteiger partial charge in [-0.25, -0.2) is 9.97 Å². The van der Waals surface area contributed by atoms with Gasteiger partial charge in [0.25, 0.3) is 0 Å². The Kier molecular flexibility index (Phi) is 3.07. The van der Waals surface area contributed by atoms with Crippen molar-refractivity contribution < 1.29 is 0 Å². The van der Waals surface area contributed by atoms with Crippen LogP contribution in [0.25, 0.3) is 0 Å². The second kappa shape index (κ2) is 4.33. The molecule has 2 N–H and O–H groups in total. The minimum Gasteiger partial charge on any atom is -0.356 e. The molecular formula is C10H15ClN4. The van der Waals surface area contributed by atoms with Gasteiger partial charge in [0.2, 0.25) is 5.28 Å². The summed E-state index contributed by atoms with van der Waals surface area (Å²) in [5.74, 6) is 0.916. The summed E-state index contributed by atoms with van der Waals surface area (Å²) in [6.07, 6.45) is 2.03. The Bertz CT molecular complexity index is 327. The molecule has 1 aromatic heterocycles. The zero-order valence-corrected chi connectivity index (χ0v) is 9.54. The Hall–Kier alpha value is -0.870. The van der Waals surface area contributed by atoms with Crippen molar-refractivity contribution in [2.24, 2.45) is 5.73 Å². The molecule has 1 saturated heterocycles. The van der Waals surface area contributed by atoms with Gasteiger partial charge in [-0.2, -0.15) is 0 Å². The first-order chi connectivity index (χ1) is 7.15. The van der Waals surface area contributed by atoms with Gasteiger partial charge in [0.05, 0.1) is 0 Å². The van der Waals surface area contributed by atoms with E-state index in [1.807, 2.05) is 13.0 Å². The standard InChI is InChI=1S/C10H15ClN4/c1-7-6-9(14-10(11)13-7)15-4-2-8(12)3-5-15/h6,8H,2-5,12H2,1H3. The van der Waals surface area contributed by atoms with E-state index in [-0.39, 0.29) is 0 Å². The maximum atomic E-state index is 5.85. The summed E-state index contributed by atoms with van der Waals surface area (Å²) in [6.45, 7) is 3.83. The molecule has 82 valence electrons. The van der Waals surface area contributed by atoms with E-state index in [9.17, 15) is 0 Å². The number of piperidine rings is 1. The summed E-state index contributed by atoms with van der Waals surface area (Å²) in [4.78, 5) is 10.5. The third-order valence-electron chi connectivity index (χ3n) is 2.68. The lowest BCUT2D eigenvalue weighted by Gasteiger charge is -2.31. The van der Waals surface area contributed by atoms with E-state index in [2.05, 4.69) is 14.9 Å². The molecule has 5 heteroatoms. The van der Waals surface area contributed by atoms with E-state index in [1.165, 1.54) is 0 Å². The van der Waals surface area contributed by atoms with Crippen molar-refractivity contribution in [1.29, 1.82) is 0 Å². The Balaban J connectivity index is 2.15. The summed E-state index contributed by atoms with van der Waals surface area (Å²) in [6, 6.07) is 2.29. The molecule has 0 atom stereocenters. The van der Waals surface area contributed by atoms with Gasteiger partial charge in [-0.1, -0.05) is 0 Å². The summed E-state index contributed by atoms with van der Waals surface area (Å²) in [7, 11) is 0. The average molecular weight is 227 g/mol. The zero-order chi connectivity index (χ0) is 10.8. The van der Waals surface area contributed by atoms with Crippen LogP contribution in [0.15, 0.2) is 6.07 Å². The minimum atomic E-state index is 0.319.